The van der Waals surface area contributed by atoms with Crippen molar-refractivity contribution in [2.45, 2.75) is 66.2 Å². The van der Waals surface area contributed by atoms with Crippen molar-refractivity contribution in [2.75, 3.05) is 0 Å². The van der Waals surface area contributed by atoms with Crippen LogP contribution in [0.15, 0.2) is 0 Å². The average molecular weight is 196 g/mol. The maximum atomic E-state index is 2.48. The van der Waals surface area contributed by atoms with Crippen LogP contribution in [0.3, 0.4) is 0 Å². The molecule has 0 amide bonds. The molecule has 0 N–H and O–H groups in total. The van der Waals surface area contributed by atoms with Crippen LogP contribution in [0.5, 0.6) is 0 Å². The van der Waals surface area contributed by atoms with Crippen LogP contribution in [0.25, 0.3) is 0 Å². The predicted molar refractivity (Wildman–Crippen MR) is 64.4 cm³/mol. The Labute approximate surface area is 90.5 Å². The molecule has 0 aliphatic heterocycles. The molecular weight excluding hydrogens is 168 g/mol. The molecule has 0 nitrogen and oxygen atoms in total. The SMILES string of the molecule is CCCC(C)CC(C)C1CCC1CC. The molecule has 4 unspecified atom stereocenters. The third-order valence-corrected chi connectivity index (χ3v) is 4.29. The summed E-state index contributed by atoms with van der Waals surface area (Å²) in [7, 11) is 0. The molecule has 0 saturated heterocycles. The van der Waals surface area contributed by atoms with E-state index in [1.54, 1.807) is 0 Å². The standard InChI is InChI=1S/C14H28/c1-5-7-11(3)10-12(4)14-9-8-13(14)6-2/h11-14H,5-10H2,1-4H3. The second-order valence-electron chi connectivity index (χ2n) is 5.52. The lowest BCUT2D eigenvalue weighted by Crippen LogP contribution is -2.31. The van der Waals surface area contributed by atoms with Crippen molar-refractivity contribution in [3.05, 3.63) is 0 Å². The fourth-order valence-electron chi connectivity index (χ4n) is 3.27. The van der Waals surface area contributed by atoms with Gasteiger partial charge in [0.05, 0.1) is 0 Å². The Morgan fingerprint density at radius 1 is 1.14 bits per heavy atom. The third kappa shape index (κ3) is 3.00. The summed E-state index contributed by atoms with van der Waals surface area (Å²) in [5.74, 6) is 4.07. The predicted octanol–water partition coefficient (Wildman–Crippen LogP) is 4.89. The molecule has 0 bridgehead atoms. The quantitative estimate of drug-likeness (QED) is 0.567. The van der Waals surface area contributed by atoms with Crippen LogP contribution in [0, 0.1) is 23.7 Å². The van der Waals surface area contributed by atoms with E-state index in [2.05, 4.69) is 27.7 Å². The molecule has 4 atom stereocenters. The molecule has 1 rings (SSSR count). The van der Waals surface area contributed by atoms with Crippen LogP contribution in [-0.4, -0.2) is 0 Å². The smallest absolute Gasteiger partial charge is 0.0360 e. The molecule has 0 aromatic heterocycles. The molecule has 1 saturated carbocycles. The Kier molecular flexibility index (Phi) is 4.98. The maximum absolute atomic E-state index is 2.48. The van der Waals surface area contributed by atoms with Gasteiger partial charge >= 0.3 is 0 Å². The van der Waals surface area contributed by atoms with E-state index in [9.17, 15) is 0 Å². The van der Waals surface area contributed by atoms with Gasteiger partial charge in [-0.05, 0) is 42.9 Å². The van der Waals surface area contributed by atoms with Gasteiger partial charge < -0.3 is 0 Å². The highest BCUT2D eigenvalue weighted by atomic mass is 14.4. The van der Waals surface area contributed by atoms with Gasteiger partial charge in [-0.1, -0.05) is 47.0 Å². The highest BCUT2D eigenvalue weighted by Crippen LogP contribution is 2.43. The highest BCUT2D eigenvalue weighted by molar-refractivity contribution is 4.83. The summed E-state index contributed by atoms with van der Waals surface area (Å²) in [4.78, 5) is 0. The van der Waals surface area contributed by atoms with Gasteiger partial charge in [-0.25, -0.2) is 0 Å². The molecule has 0 heterocycles. The van der Waals surface area contributed by atoms with Crippen molar-refractivity contribution < 1.29 is 0 Å². The lowest BCUT2D eigenvalue weighted by Gasteiger charge is -2.41. The summed E-state index contributed by atoms with van der Waals surface area (Å²) < 4.78 is 0. The lowest BCUT2D eigenvalue weighted by molar-refractivity contribution is 0.0941. The molecule has 1 aliphatic carbocycles. The molecule has 0 radical (unpaired) electrons. The van der Waals surface area contributed by atoms with Crippen LogP contribution >= 0.6 is 0 Å². The first-order valence-corrected chi connectivity index (χ1v) is 6.69. The van der Waals surface area contributed by atoms with Gasteiger partial charge in [-0.2, -0.15) is 0 Å². The van der Waals surface area contributed by atoms with E-state index in [0.29, 0.717) is 0 Å². The molecular formula is C14H28. The second-order valence-corrected chi connectivity index (χ2v) is 5.52. The van der Waals surface area contributed by atoms with Gasteiger partial charge in [0.15, 0.2) is 0 Å². The van der Waals surface area contributed by atoms with Gasteiger partial charge in [-0.3, -0.25) is 0 Å². The van der Waals surface area contributed by atoms with E-state index in [-0.39, 0.29) is 0 Å². The van der Waals surface area contributed by atoms with E-state index in [1.165, 1.54) is 38.5 Å². The molecule has 0 aromatic carbocycles. The Morgan fingerprint density at radius 2 is 1.86 bits per heavy atom. The summed E-state index contributed by atoms with van der Waals surface area (Å²) in [6, 6.07) is 0. The van der Waals surface area contributed by atoms with Crippen LogP contribution < -0.4 is 0 Å². The van der Waals surface area contributed by atoms with Crippen LogP contribution in [0.1, 0.15) is 66.2 Å². The summed E-state index contributed by atoms with van der Waals surface area (Å²) in [5, 5.41) is 0. The highest BCUT2D eigenvalue weighted by Gasteiger charge is 2.33. The molecule has 84 valence electrons. The van der Waals surface area contributed by atoms with E-state index < -0.39 is 0 Å². The molecule has 0 aromatic rings. The fraction of sp³-hybridized carbons (Fsp3) is 1.00. The number of hydrogen-bond donors (Lipinski definition) is 0. The lowest BCUT2D eigenvalue weighted by atomic mass is 9.65. The zero-order chi connectivity index (χ0) is 10.6. The maximum Gasteiger partial charge on any atom is -0.0360 e. The topological polar surface area (TPSA) is 0 Å². The van der Waals surface area contributed by atoms with Crippen molar-refractivity contribution in [3.63, 3.8) is 0 Å². The molecule has 14 heavy (non-hydrogen) atoms. The first kappa shape index (κ1) is 12.1. The zero-order valence-corrected chi connectivity index (χ0v) is 10.6. The molecule has 1 fully saturated rings. The van der Waals surface area contributed by atoms with E-state index in [0.717, 1.165) is 23.7 Å². The van der Waals surface area contributed by atoms with Crippen molar-refractivity contribution in [1.82, 2.24) is 0 Å². The summed E-state index contributed by atoms with van der Waals surface area (Å²) in [6.45, 7) is 9.58. The van der Waals surface area contributed by atoms with Crippen molar-refractivity contribution in [2.24, 2.45) is 23.7 Å². The van der Waals surface area contributed by atoms with Gasteiger partial charge in [0.2, 0.25) is 0 Å². The molecule has 0 heteroatoms. The zero-order valence-electron chi connectivity index (χ0n) is 10.6. The van der Waals surface area contributed by atoms with Crippen LogP contribution in [0.4, 0.5) is 0 Å². The van der Waals surface area contributed by atoms with Gasteiger partial charge in [-0.15, -0.1) is 0 Å². The van der Waals surface area contributed by atoms with Crippen molar-refractivity contribution >= 4 is 0 Å². The largest absolute Gasteiger partial charge is 0.0654 e. The minimum absolute atomic E-state index is 0.952. The van der Waals surface area contributed by atoms with E-state index in [1.807, 2.05) is 0 Å². The average Bonchev–Trinajstić information content (AvgIpc) is 2.02. The first-order chi connectivity index (χ1) is 6.69. The van der Waals surface area contributed by atoms with E-state index >= 15 is 0 Å². The van der Waals surface area contributed by atoms with Gasteiger partial charge in [0, 0.05) is 0 Å². The fourth-order valence-corrected chi connectivity index (χ4v) is 3.27. The van der Waals surface area contributed by atoms with Crippen molar-refractivity contribution in [1.29, 1.82) is 0 Å². The molecule has 0 spiro atoms. The minimum atomic E-state index is 0.952. The summed E-state index contributed by atoms with van der Waals surface area (Å²) >= 11 is 0. The normalized spacial score (nSPS) is 30.9. The monoisotopic (exact) mass is 196 g/mol. The van der Waals surface area contributed by atoms with Gasteiger partial charge in [0.25, 0.3) is 0 Å². The van der Waals surface area contributed by atoms with E-state index in [4.69, 9.17) is 0 Å². The minimum Gasteiger partial charge on any atom is -0.0654 e. The van der Waals surface area contributed by atoms with Gasteiger partial charge in [0.1, 0.15) is 0 Å². The molecule has 1 aliphatic rings. The summed E-state index contributed by atoms with van der Waals surface area (Å²) in [6.07, 6.45) is 8.68. The van der Waals surface area contributed by atoms with Crippen LogP contribution in [0.2, 0.25) is 0 Å². The van der Waals surface area contributed by atoms with Crippen molar-refractivity contribution in [3.8, 4) is 0 Å². The second kappa shape index (κ2) is 5.78. The van der Waals surface area contributed by atoms with Crippen LogP contribution in [-0.2, 0) is 0 Å². The third-order valence-electron chi connectivity index (χ3n) is 4.29. The first-order valence-electron chi connectivity index (χ1n) is 6.69. The Hall–Kier alpha value is 0. The Balaban J connectivity index is 2.23. The Morgan fingerprint density at radius 3 is 2.29 bits per heavy atom. The number of hydrogen-bond acceptors (Lipinski definition) is 0. The Bertz CT molecular complexity index is 148. The summed E-state index contributed by atoms with van der Waals surface area (Å²) in [5.41, 5.74) is 0. The number of rotatable bonds is 6.